The van der Waals surface area contributed by atoms with Gasteiger partial charge in [0.25, 0.3) is 5.91 Å². The SMILES string of the molecule is CC(C)c1ccc(N2CC[C@]3(CCc4cc(C(=O)NO)ccc4C3)C2=O)cn1. The van der Waals surface area contributed by atoms with Crippen molar-refractivity contribution in [1.82, 2.24) is 10.5 Å². The van der Waals surface area contributed by atoms with E-state index in [2.05, 4.69) is 18.8 Å². The lowest BCUT2D eigenvalue weighted by Gasteiger charge is -2.33. The Labute approximate surface area is 164 Å². The van der Waals surface area contributed by atoms with Crippen LogP contribution in [0.2, 0.25) is 0 Å². The minimum Gasteiger partial charge on any atom is -0.310 e. The van der Waals surface area contributed by atoms with Gasteiger partial charge in [-0.25, -0.2) is 5.48 Å². The molecule has 1 aliphatic heterocycles. The zero-order valence-corrected chi connectivity index (χ0v) is 16.2. The number of amides is 2. The number of hydroxylamine groups is 1. The van der Waals surface area contributed by atoms with Crippen LogP contribution >= 0.6 is 0 Å². The number of benzene rings is 1. The van der Waals surface area contributed by atoms with E-state index in [1.165, 1.54) is 0 Å². The Balaban J connectivity index is 1.55. The first-order valence-corrected chi connectivity index (χ1v) is 9.78. The van der Waals surface area contributed by atoms with E-state index in [0.29, 0.717) is 24.4 Å². The fourth-order valence-corrected chi connectivity index (χ4v) is 4.43. The van der Waals surface area contributed by atoms with Gasteiger partial charge in [0.05, 0.1) is 17.3 Å². The maximum atomic E-state index is 13.3. The standard InChI is InChI=1S/C22H25N3O3/c1-14(2)19-6-5-18(13-23-19)25-10-9-22(21(25)27)8-7-15-11-16(20(26)24-28)3-4-17(15)12-22/h3-6,11,13-14,28H,7-10,12H2,1-2H3,(H,24,26)/t22-/m0/s1. The summed E-state index contributed by atoms with van der Waals surface area (Å²) < 4.78 is 0. The van der Waals surface area contributed by atoms with Crippen molar-refractivity contribution in [2.45, 2.75) is 45.4 Å². The Morgan fingerprint density at radius 2 is 2.04 bits per heavy atom. The molecule has 1 aromatic heterocycles. The van der Waals surface area contributed by atoms with Crippen molar-refractivity contribution in [3.8, 4) is 0 Å². The largest absolute Gasteiger partial charge is 0.310 e. The van der Waals surface area contributed by atoms with Crippen LogP contribution in [0.5, 0.6) is 0 Å². The summed E-state index contributed by atoms with van der Waals surface area (Å²) in [6.45, 7) is 4.92. The van der Waals surface area contributed by atoms with Gasteiger partial charge in [0.2, 0.25) is 5.91 Å². The molecule has 1 fully saturated rings. The lowest BCUT2D eigenvalue weighted by Crippen LogP contribution is -2.39. The zero-order valence-electron chi connectivity index (χ0n) is 16.2. The normalized spacial score (nSPS) is 21.3. The van der Waals surface area contributed by atoms with Gasteiger partial charge in [-0.2, -0.15) is 0 Å². The molecule has 0 bridgehead atoms. The molecule has 6 heteroatoms. The summed E-state index contributed by atoms with van der Waals surface area (Å²) in [5.74, 6) is 0.0281. The van der Waals surface area contributed by atoms with E-state index in [1.54, 1.807) is 11.5 Å². The molecule has 2 amide bonds. The second kappa shape index (κ2) is 7.02. The molecular formula is C22H25N3O3. The average Bonchev–Trinajstić information content (AvgIpc) is 3.02. The Morgan fingerprint density at radius 1 is 1.21 bits per heavy atom. The number of anilines is 1. The quantitative estimate of drug-likeness (QED) is 0.634. The second-order valence-electron chi connectivity index (χ2n) is 8.18. The number of hydrogen-bond acceptors (Lipinski definition) is 4. The first-order valence-electron chi connectivity index (χ1n) is 9.78. The highest BCUT2D eigenvalue weighted by atomic mass is 16.5. The molecule has 1 saturated heterocycles. The smallest absolute Gasteiger partial charge is 0.274 e. The van der Waals surface area contributed by atoms with Crippen LogP contribution in [-0.2, 0) is 17.6 Å². The molecule has 1 aliphatic carbocycles. The lowest BCUT2D eigenvalue weighted by atomic mass is 9.70. The number of pyridine rings is 1. The van der Waals surface area contributed by atoms with E-state index < -0.39 is 5.91 Å². The molecule has 146 valence electrons. The monoisotopic (exact) mass is 379 g/mol. The van der Waals surface area contributed by atoms with Gasteiger partial charge in [-0.05, 0) is 67.0 Å². The summed E-state index contributed by atoms with van der Waals surface area (Å²) in [6, 6.07) is 9.43. The number of nitrogens with zero attached hydrogens (tertiary/aromatic N) is 2. The van der Waals surface area contributed by atoms with Crippen LogP contribution in [0.1, 0.15) is 59.8 Å². The van der Waals surface area contributed by atoms with Crippen LogP contribution in [0.4, 0.5) is 5.69 Å². The van der Waals surface area contributed by atoms with Gasteiger partial charge in [0.1, 0.15) is 0 Å². The van der Waals surface area contributed by atoms with Gasteiger partial charge >= 0.3 is 0 Å². The van der Waals surface area contributed by atoms with Crippen molar-refractivity contribution in [1.29, 1.82) is 0 Å². The maximum absolute atomic E-state index is 13.3. The number of carbonyl (C=O) groups is 2. The molecule has 1 atom stereocenters. The van der Waals surface area contributed by atoms with E-state index in [-0.39, 0.29) is 11.3 Å². The molecule has 0 radical (unpaired) electrons. The van der Waals surface area contributed by atoms with Crippen LogP contribution in [0.15, 0.2) is 36.5 Å². The number of aromatic nitrogens is 1. The number of nitrogens with one attached hydrogen (secondary N) is 1. The highest BCUT2D eigenvalue weighted by molar-refractivity contribution is 6.00. The van der Waals surface area contributed by atoms with Crippen LogP contribution in [0.25, 0.3) is 0 Å². The van der Waals surface area contributed by atoms with Crippen molar-refractivity contribution < 1.29 is 14.8 Å². The molecule has 2 aromatic rings. The van der Waals surface area contributed by atoms with Crippen molar-refractivity contribution >= 4 is 17.5 Å². The maximum Gasteiger partial charge on any atom is 0.274 e. The Hall–Kier alpha value is -2.73. The van der Waals surface area contributed by atoms with E-state index in [4.69, 9.17) is 5.21 Å². The Bertz CT molecular complexity index is 923. The number of aryl methyl sites for hydroxylation is 1. The lowest BCUT2D eigenvalue weighted by molar-refractivity contribution is -0.126. The minimum atomic E-state index is -0.511. The summed E-state index contributed by atoms with van der Waals surface area (Å²) in [4.78, 5) is 31.4. The van der Waals surface area contributed by atoms with Gasteiger partial charge in [-0.15, -0.1) is 0 Å². The van der Waals surface area contributed by atoms with Crippen molar-refractivity contribution in [3.63, 3.8) is 0 Å². The molecule has 4 rings (SSSR count). The molecule has 28 heavy (non-hydrogen) atoms. The van der Waals surface area contributed by atoms with Crippen LogP contribution in [0, 0.1) is 5.41 Å². The molecule has 2 aliphatic rings. The number of hydrogen-bond donors (Lipinski definition) is 2. The van der Waals surface area contributed by atoms with E-state index in [1.807, 2.05) is 35.4 Å². The Morgan fingerprint density at radius 3 is 2.71 bits per heavy atom. The summed E-state index contributed by atoms with van der Waals surface area (Å²) in [7, 11) is 0. The predicted molar refractivity (Wildman–Crippen MR) is 105 cm³/mol. The van der Waals surface area contributed by atoms with Gasteiger partial charge < -0.3 is 4.90 Å². The van der Waals surface area contributed by atoms with Crippen molar-refractivity contribution in [2.24, 2.45) is 5.41 Å². The molecule has 0 unspecified atom stereocenters. The third kappa shape index (κ3) is 3.07. The van der Waals surface area contributed by atoms with Crippen LogP contribution in [-0.4, -0.2) is 28.6 Å². The highest BCUT2D eigenvalue weighted by Crippen LogP contribution is 2.45. The molecular weight excluding hydrogens is 354 g/mol. The highest BCUT2D eigenvalue weighted by Gasteiger charge is 2.48. The molecule has 1 aromatic carbocycles. The molecule has 6 nitrogen and oxygen atoms in total. The van der Waals surface area contributed by atoms with E-state index >= 15 is 0 Å². The summed E-state index contributed by atoms with van der Waals surface area (Å²) in [5.41, 5.74) is 5.83. The van der Waals surface area contributed by atoms with E-state index in [9.17, 15) is 9.59 Å². The first-order chi connectivity index (χ1) is 13.4. The summed E-state index contributed by atoms with van der Waals surface area (Å²) in [5, 5.41) is 8.82. The summed E-state index contributed by atoms with van der Waals surface area (Å²) in [6.07, 6.45) is 4.86. The van der Waals surface area contributed by atoms with Gasteiger partial charge in [0, 0.05) is 17.8 Å². The molecule has 1 spiro atoms. The third-order valence-electron chi connectivity index (χ3n) is 6.16. The minimum absolute atomic E-state index is 0.175. The molecule has 0 saturated carbocycles. The molecule has 2 heterocycles. The van der Waals surface area contributed by atoms with Crippen molar-refractivity contribution in [2.75, 3.05) is 11.4 Å². The second-order valence-corrected chi connectivity index (χ2v) is 8.18. The first kappa shape index (κ1) is 18.6. The fourth-order valence-electron chi connectivity index (χ4n) is 4.43. The third-order valence-corrected chi connectivity index (χ3v) is 6.16. The van der Waals surface area contributed by atoms with E-state index in [0.717, 1.165) is 41.8 Å². The topological polar surface area (TPSA) is 82.5 Å². The number of rotatable bonds is 3. The zero-order chi connectivity index (χ0) is 19.9. The summed E-state index contributed by atoms with van der Waals surface area (Å²) >= 11 is 0. The fraction of sp³-hybridized carbons (Fsp3) is 0.409. The number of carbonyl (C=O) groups excluding carboxylic acids is 2. The number of fused-ring (bicyclic) bond motifs is 1. The van der Waals surface area contributed by atoms with Crippen LogP contribution < -0.4 is 10.4 Å². The van der Waals surface area contributed by atoms with Crippen molar-refractivity contribution in [3.05, 3.63) is 58.9 Å². The van der Waals surface area contributed by atoms with Gasteiger partial charge in [-0.1, -0.05) is 19.9 Å². The average molecular weight is 379 g/mol. The Kier molecular flexibility index (Phi) is 4.67. The van der Waals surface area contributed by atoms with Gasteiger partial charge in [-0.3, -0.25) is 19.8 Å². The van der Waals surface area contributed by atoms with Crippen LogP contribution in [0.3, 0.4) is 0 Å². The van der Waals surface area contributed by atoms with Gasteiger partial charge in [0.15, 0.2) is 0 Å². The predicted octanol–water partition coefficient (Wildman–Crippen LogP) is 3.24. The molecule has 2 N–H and O–H groups in total.